The summed E-state index contributed by atoms with van der Waals surface area (Å²) in [5.74, 6) is 0.0465. The number of anilines is 2. The molecule has 0 aromatic carbocycles. The van der Waals surface area contributed by atoms with E-state index in [1.54, 1.807) is 0 Å². The summed E-state index contributed by atoms with van der Waals surface area (Å²) in [5, 5.41) is 13.6. The molecule has 22 heavy (non-hydrogen) atoms. The largest absolute Gasteiger partial charge is 0.378 e. The minimum Gasteiger partial charge on any atom is -0.378 e. The maximum absolute atomic E-state index is 10.7. The first-order valence-electron chi connectivity index (χ1n) is 6.49. The van der Waals surface area contributed by atoms with Crippen molar-refractivity contribution in [3.63, 3.8) is 0 Å². The van der Waals surface area contributed by atoms with Gasteiger partial charge < -0.3 is 15.5 Å². The smallest absolute Gasteiger partial charge is 0.329 e. The van der Waals surface area contributed by atoms with E-state index in [2.05, 4.69) is 20.3 Å². The van der Waals surface area contributed by atoms with Crippen LogP contribution in [-0.4, -0.2) is 24.3 Å². The summed E-state index contributed by atoms with van der Waals surface area (Å²) >= 11 is 0. The number of nitrogens with one attached hydrogen (secondary N) is 1. The van der Waals surface area contributed by atoms with Gasteiger partial charge in [-0.25, -0.2) is 9.97 Å². The number of hydrogen-bond donors (Lipinski definition) is 2. The van der Waals surface area contributed by atoms with Crippen LogP contribution in [0.15, 0.2) is 30.6 Å². The van der Waals surface area contributed by atoms with Crippen molar-refractivity contribution in [2.24, 2.45) is 0 Å². The number of imidazole rings is 1. The molecule has 3 aromatic heterocycles. The molecule has 0 aliphatic carbocycles. The topological polar surface area (TPSA) is 124 Å². The highest BCUT2D eigenvalue weighted by atomic mass is 16.6. The molecule has 0 saturated heterocycles. The van der Waals surface area contributed by atoms with Crippen LogP contribution >= 0.6 is 0 Å². The molecule has 0 bridgehead atoms. The lowest BCUT2D eigenvalue weighted by Crippen LogP contribution is -2.07. The van der Waals surface area contributed by atoms with E-state index in [0.717, 1.165) is 23.2 Å². The Labute approximate surface area is 125 Å². The van der Waals surface area contributed by atoms with Crippen molar-refractivity contribution in [2.45, 2.75) is 13.5 Å². The second kappa shape index (κ2) is 5.28. The minimum absolute atomic E-state index is 0.173. The molecule has 0 radical (unpaired) electrons. The second-order valence-electron chi connectivity index (χ2n) is 4.70. The Morgan fingerprint density at radius 3 is 2.91 bits per heavy atom. The predicted octanol–water partition coefficient (Wildman–Crippen LogP) is 1.54. The van der Waals surface area contributed by atoms with Crippen LogP contribution in [0.5, 0.6) is 0 Å². The van der Waals surface area contributed by atoms with Gasteiger partial charge in [0.05, 0.1) is 17.2 Å². The second-order valence-corrected chi connectivity index (χ2v) is 4.70. The molecule has 3 heterocycles. The fraction of sp³-hybridized carbons (Fsp3) is 0.154. The fourth-order valence-electron chi connectivity index (χ4n) is 2.07. The number of aryl methyl sites for hydroxylation is 1. The maximum atomic E-state index is 10.7. The number of nitrogen functional groups attached to an aromatic ring is 1. The van der Waals surface area contributed by atoms with Crippen LogP contribution < -0.4 is 11.1 Å². The summed E-state index contributed by atoms with van der Waals surface area (Å²) in [7, 11) is 0. The van der Waals surface area contributed by atoms with Crippen LogP contribution in [-0.2, 0) is 6.54 Å². The van der Waals surface area contributed by atoms with E-state index in [-0.39, 0.29) is 17.5 Å². The number of nitrogens with zero attached hydrogens (tertiary/aromatic N) is 5. The van der Waals surface area contributed by atoms with Gasteiger partial charge in [0, 0.05) is 11.9 Å². The summed E-state index contributed by atoms with van der Waals surface area (Å²) in [6.07, 6.45) is 2.99. The molecule has 0 aliphatic heterocycles. The van der Waals surface area contributed by atoms with Crippen LogP contribution in [0.2, 0.25) is 0 Å². The van der Waals surface area contributed by atoms with Crippen molar-refractivity contribution in [3.8, 4) is 0 Å². The molecule has 3 aromatic rings. The van der Waals surface area contributed by atoms with E-state index < -0.39 is 4.92 Å². The lowest BCUT2D eigenvalue weighted by Gasteiger charge is -2.03. The lowest BCUT2D eigenvalue weighted by atomic mass is 10.4. The summed E-state index contributed by atoms with van der Waals surface area (Å²) in [6, 6.07) is 5.85. The van der Waals surface area contributed by atoms with Gasteiger partial charge in [0.25, 0.3) is 0 Å². The Kier molecular flexibility index (Phi) is 3.30. The van der Waals surface area contributed by atoms with Crippen molar-refractivity contribution in [3.05, 3.63) is 52.1 Å². The molecule has 0 spiro atoms. The molecule has 0 aliphatic rings. The molecule has 0 saturated carbocycles. The molecule has 112 valence electrons. The van der Waals surface area contributed by atoms with E-state index in [4.69, 9.17) is 5.73 Å². The molecule has 0 fully saturated rings. The Balaban J connectivity index is 1.78. The molecule has 3 N–H and O–H groups in total. The van der Waals surface area contributed by atoms with Gasteiger partial charge in [0.1, 0.15) is 11.8 Å². The first-order chi connectivity index (χ1) is 10.5. The number of pyridine rings is 1. The zero-order valence-corrected chi connectivity index (χ0v) is 11.7. The first-order valence-corrected chi connectivity index (χ1v) is 6.49. The van der Waals surface area contributed by atoms with Crippen molar-refractivity contribution in [2.75, 3.05) is 11.1 Å². The van der Waals surface area contributed by atoms with Crippen LogP contribution in [0.1, 0.15) is 11.4 Å². The van der Waals surface area contributed by atoms with Crippen LogP contribution in [0.25, 0.3) is 5.65 Å². The summed E-state index contributed by atoms with van der Waals surface area (Å²) in [5.41, 5.74) is 7.93. The number of fused-ring (bicyclic) bond motifs is 1. The van der Waals surface area contributed by atoms with Gasteiger partial charge in [-0.2, -0.15) is 4.98 Å². The maximum Gasteiger partial charge on any atom is 0.329 e. The molecule has 9 nitrogen and oxygen atoms in total. The molecule has 0 atom stereocenters. The standard InChI is InChI=1S/C13H13N7O2/c1-8-3-2-4-11-17-9(7-19(8)11)5-15-13-16-6-10(20(21)22)12(14)18-13/h2-4,6-7H,5H2,1H3,(H3,14,15,16,18). The zero-order chi connectivity index (χ0) is 15.7. The van der Waals surface area contributed by atoms with Crippen LogP contribution in [0.3, 0.4) is 0 Å². The van der Waals surface area contributed by atoms with E-state index in [9.17, 15) is 10.1 Å². The Bertz CT molecular complexity index is 859. The third kappa shape index (κ3) is 2.51. The third-order valence-corrected chi connectivity index (χ3v) is 3.17. The highest BCUT2D eigenvalue weighted by Gasteiger charge is 2.14. The quantitative estimate of drug-likeness (QED) is 0.553. The molecular weight excluding hydrogens is 286 g/mol. The first kappa shape index (κ1) is 13.7. The normalized spacial score (nSPS) is 10.8. The van der Waals surface area contributed by atoms with Crippen molar-refractivity contribution < 1.29 is 4.92 Å². The number of nitro groups is 1. The molecule has 3 rings (SSSR count). The van der Waals surface area contributed by atoms with Gasteiger partial charge in [-0.15, -0.1) is 0 Å². The number of rotatable bonds is 4. The summed E-state index contributed by atoms with van der Waals surface area (Å²) in [4.78, 5) is 22.2. The number of aromatic nitrogens is 4. The van der Waals surface area contributed by atoms with E-state index in [1.165, 1.54) is 0 Å². The summed E-state index contributed by atoms with van der Waals surface area (Å²) < 4.78 is 1.97. The minimum atomic E-state index is -0.621. The van der Waals surface area contributed by atoms with Gasteiger partial charge in [-0.05, 0) is 19.1 Å². The third-order valence-electron chi connectivity index (χ3n) is 3.17. The van der Waals surface area contributed by atoms with Gasteiger partial charge in [-0.3, -0.25) is 10.1 Å². The van der Waals surface area contributed by atoms with Gasteiger partial charge in [0.2, 0.25) is 11.8 Å². The monoisotopic (exact) mass is 299 g/mol. The lowest BCUT2D eigenvalue weighted by molar-refractivity contribution is -0.384. The predicted molar refractivity (Wildman–Crippen MR) is 80.4 cm³/mol. The fourth-order valence-corrected chi connectivity index (χ4v) is 2.07. The van der Waals surface area contributed by atoms with Crippen molar-refractivity contribution in [1.82, 2.24) is 19.4 Å². The van der Waals surface area contributed by atoms with E-state index in [1.807, 2.05) is 35.7 Å². The SMILES string of the molecule is Cc1cccc2nc(CNc3ncc([N+](=O)[O-])c(N)n3)cn12. The highest BCUT2D eigenvalue weighted by Crippen LogP contribution is 2.18. The van der Waals surface area contributed by atoms with E-state index >= 15 is 0 Å². The van der Waals surface area contributed by atoms with E-state index in [0.29, 0.717) is 6.54 Å². The Morgan fingerprint density at radius 1 is 1.41 bits per heavy atom. The average Bonchev–Trinajstić information content (AvgIpc) is 2.89. The molecule has 0 amide bonds. The van der Waals surface area contributed by atoms with Gasteiger partial charge >= 0.3 is 5.69 Å². The average molecular weight is 299 g/mol. The van der Waals surface area contributed by atoms with Crippen molar-refractivity contribution >= 4 is 23.1 Å². The zero-order valence-electron chi connectivity index (χ0n) is 11.7. The molecular formula is C13H13N7O2. The number of hydrogen-bond acceptors (Lipinski definition) is 7. The highest BCUT2D eigenvalue weighted by molar-refractivity contribution is 5.53. The van der Waals surface area contributed by atoms with Crippen LogP contribution in [0, 0.1) is 17.0 Å². The van der Waals surface area contributed by atoms with Crippen LogP contribution in [0.4, 0.5) is 17.5 Å². The Hall–Kier alpha value is -3.23. The Morgan fingerprint density at radius 2 is 2.23 bits per heavy atom. The van der Waals surface area contributed by atoms with Crippen molar-refractivity contribution in [1.29, 1.82) is 0 Å². The molecule has 0 unspecified atom stereocenters. The summed E-state index contributed by atoms with van der Waals surface area (Å²) in [6.45, 7) is 2.38. The van der Waals surface area contributed by atoms with Gasteiger partial charge in [0.15, 0.2) is 0 Å². The number of nitrogens with two attached hydrogens (primary N) is 1. The van der Waals surface area contributed by atoms with Gasteiger partial charge in [-0.1, -0.05) is 6.07 Å². The molecule has 9 heteroatoms.